The highest BCUT2D eigenvalue weighted by atomic mass is 35.5. The van der Waals surface area contributed by atoms with Gasteiger partial charge in [0.2, 0.25) is 0 Å². The zero-order valence-electron chi connectivity index (χ0n) is 11.2. The molecule has 0 aromatic heterocycles. The van der Waals surface area contributed by atoms with Crippen LogP contribution in [0.1, 0.15) is 31.4 Å². The topological polar surface area (TPSA) is 41.5 Å². The molecule has 5 heteroatoms. The molecule has 0 bridgehead atoms. The molecule has 3 nitrogen and oxygen atoms in total. The predicted molar refractivity (Wildman–Crippen MR) is 80.0 cm³/mol. The number of hydrogen-bond donors (Lipinski definition) is 2. The van der Waals surface area contributed by atoms with Gasteiger partial charge in [-0.3, -0.25) is 0 Å². The summed E-state index contributed by atoms with van der Waals surface area (Å²) in [6, 6.07) is 5.10. The summed E-state index contributed by atoms with van der Waals surface area (Å²) in [5.74, 6) is 0. The van der Waals surface area contributed by atoms with Crippen molar-refractivity contribution in [2.75, 3.05) is 26.3 Å². The number of benzene rings is 1. The zero-order chi connectivity index (χ0) is 14.1. The van der Waals surface area contributed by atoms with E-state index in [0.717, 1.165) is 32.6 Å². The minimum absolute atomic E-state index is 0.452. The maximum atomic E-state index is 10.0. The van der Waals surface area contributed by atoms with E-state index in [1.807, 2.05) is 0 Å². The first-order valence-electron chi connectivity index (χ1n) is 6.56. The second-order valence-corrected chi connectivity index (χ2v) is 5.20. The Balaban J connectivity index is 2.23. The molecule has 19 heavy (non-hydrogen) atoms. The largest absolute Gasteiger partial charge is 0.387 e. The Labute approximate surface area is 124 Å². The fourth-order valence-electron chi connectivity index (χ4n) is 1.66. The van der Waals surface area contributed by atoms with E-state index in [1.165, 1.54) is 0 Å². The van der Waals surface area contributed by atoms with Crippen LogP contribution in [0.3, 0.4) is 0 Å². The van der Waals surface area contributed by atoms with Gasteiger partial charge >= 0.3 is 0 Å². The normalized spacial score (nSPS) is 12.6. The van der Waals surface area contributed by atoms with Crippen LogP contribution < -0.4 is 5.32 Å². The van der Waals surface area contributed by atoms with Crippen LogP contribution in [0.2, 0.25) is 10.0 Å². The van der Waals surface area contributed by atoms with E-state index in [-0.39, 0.29) is 0 Å². The molecule has 0 spiro atoms. The van der Waals surface area contributed by atoms with Gasteiger partial charge in [-0.1, -0.05) is 30.1 Å². The van der Waals surface area contributed by atoms with Crippen LogP contribution in [-0.2, 0) is 4.74 Å². The Hall–Kier alpha value is -0.320. The fourth-order valence-corrected chi connectivity index (χ4v) is 2.09. The summed E-state index contributed by atoms with van der Waals surface area (Å²) in [7, 11) is 0. The van der Waals surface area contributed by atoms with Gasteiger partial charge in [0.05, 0.1) is 6.10 Å². The van der Waals surface area contributed by atoms with Crippen molar-refractivity contribution >= 4 is 23.2 Å². The maximum absolute atomic E-state index is 10.0. The van der Waals surface area contributed by atoms with Crippen molar-refractivity contribution in [3.05, 3.63) is 33.8 Å². The molecule has 2 N–H and O–H groups in total. The number of aliphatic hydroxyl groups is 1. The predicted octanol–water partition coefficient (Wildman–Crippen LogP) is 3.43. The van der Waals surface area contributed by atoms with Crippen molar-refractivity contribution in [1.29, 1.82) is 0 Å². The van der Waals surface area contributed by atoms with Crippen molar-refractivity contribution in [3.63, 3.8) is 0 Å². The molecule has 0 amide bonds. The molecule has 0 fully saturated rings. The Morgan fingerprint density at radius 1 is 1.32 bits per heavy atom. The molecule has 1 unspecified atom stereocenters. The monoisotopic (exact) mass is 305 g/mol. The first-order chi connectivity index (χ1) is 9.15. The van der Waals surface area contributed by atoms with Gasteiger partial charge in [0.25, 0.3) is 0 Å². The fraction of sp³-hybridized carbons (Fsp3) is 0.571. The highest BCUT2D eigenvalue weighted by Crippen LogP contribution is 2.25. The Kier molecular flexibility index (Phi) is 8.42. The average Bonchev–Trinajstić information content (AvgIpc) is 2.40. The average molecular weight is 306 g/mol. The van der Waals surface area contributed by atoms with Gasteiger partial charge in [-0.15, -0.1) is 0 Å². The molecule has 1 rings (SSSR count). The molecule has 0 radical (unpaired) electrons. The molecule has 108 valence electrons. The second kappa shape index (κ2) is 9.56. The molecule has 0 saturated heterocycles. The lowest BCUT2D eigenvalue weighted by Crippen LogP contribution is -2.23. The van der Waals surface area contributed by atoms with Gasteiger partial charge in [0.15, 0.2) is 0 Å². The van der Waals surface area contributed by atoms with E-state index in [2.05, 4.69) is 12.2 Å². The molecule has 0 heterocycles. The van der Waals surface area contributed by atoms with Crippen LogP contribution in [0.5, 0.6) is 0 Å². The molecular weight excluding hydrogens is 285 g/mol. The molecule has 0 saturated carbocycles. The summed E-state index contributed by atoms with van der Waals surface area (Å²) in [6.07, 6.45) is 1.32. The summed E-state index contributed by atoms with van der Waals surface area (Å²) in [5.41, 5.74) is 0.656. The third-order valence-corrected chi connectivity index (χ3v) is 3.22. The summed E-state index contributed by atoms with van der Waals surface area (Å²) in [5, 5.41) is 14.3. The quantitative estimate of drug-likeness (QED) is 0.687. The van der Waals surface area contributed by atoms with Crippen LogP contribution in [0, 0.1) is 0 Å². The number of rotatable bonds is 9. The van der Waals surface area contributed by atoms with E-state index < -0.39 is 6.10 Å². The Morgan fingerprint density at radius 3 is 2.84 bits per heavy atom. The van der Waals surface area contributed by atoms with Gasteiger partial charge in [-0.05, 0) is 37.6 Å². The standard InChI is InChI=1S/C14H21Cl2NO2/c1-2-7-19-8-3-6-17-10-14(18)12-9-11(15)4-5-13(12)16/h4-5,9,14,17-18H,2-3,6-8,10H2,1H3. The SMILES string of the molecule is CCCOCCCNCC(O)c1cc(Cl)ccc1Cl. The molecule has 1 aromatic carbocycles. The van der Waals surface area contributed by atoms with Crippen LogP contribution in [0.4, 0.5) is 0 Å². The van der Waals surface area contributed by atoms with E-state index in [4.69, 9.17) is 27.9 Å². The summed E-state index contributed by atoms with van der Waals surface area (Å²) in [4.78, 5) is 0. The molecular formula is C14H21Cl2NO2. The Bertz CT molecular complexity index is 374. The minimum Gasteiger partial charge on any atom is -0.387 e. The van der Waals surface area contributed by atoms with Crippen LogP contribution in [0.15, 0.2) is 18.2 Å². The number of hydrogen-bond acceptors (Lipinski definition) is 3. The van der Waals surface area contributed by atoms with Crippen LogP contribution in [0.25, 0.3) is 0 Å². The first-order valence-corrected chi connectivity index (χ1v) is 7.32. The number of aliphatic hydroxyl groups excluding tert-OH is 1. The second-order valence-electron chi connectivity index (χ2n) is 4.35. The highest BCUT2D eigenvalue weighted by Gasteiger charge is 2.11. The molecule has 0 aliphatic rings. The van der Waals surface area contributed by atoms with Crippen molar-refractivity contribution < 1.29 is 9.84 Å². The van der Waals surface area contributed by atoms with E-state index >= 15 is 0 Å². The Morgan fingerprint density at radius 2 is 2.11 bits per heavy atom. The van der Waals surface area contributed by atoms with Gasteiger partial charge in [-0.25, -0.2) is 0 Å². The molecule has 1 atom stereocenters. The zero-order valence-corrected chi connectivity index (χ0v) is 12.7. The van der Waals surface area contributed by atoms with Crippen molar-refractivity contribution in [3.8, 4) is 0 Å². The van der Waals surface area contributed by atoms with Gasteiger partial charge in [-0.2, -0.15) is 0 Å². The summed E-state index contributed by atoms with van der Waals surface area (Å²) >= 11 is 11.9. The van der Waals surface area contributed by atoms with Crippen LogP contribution >= 0.6 is 23.2 Å². The van der Waals surface area contributed by atoms with Crippen molar-refractivity contribution in [2.45, 2.75) is 25.9 Å². The number of ether oxygens (including phenoxy) is 1. The van der Waals surface area contributed by atoms with E-state index in [0.29, 0.717) is 22.2 Å². The van der Waals surface area contributed by atoms with E-state index in [9.17, 15) is 5.11 Å². The summed E-state index contributed by atoms with van der Waals surface area (Å²) in [6.45, 7) is 4.89. The lowest BCUT2D eigenvalue weighted by atomic mass is 10.1. The minimum atomic E-state index is -0.650. The maximum Gasteiger partial charge on any atom is 0.0929 e. The van der Waals surface area contributed by atoms with Gasteiger partial charge in [0, 0.05) is 35.4 Å². The smallest absolute Gasteiger partial charge is 0.0929 e. The first kappa shape index (κ1) is 16.7. The van der Waals surface area contributed by atoms with Crippen LogP contribution in [-0.4, -0.2) is 31.4 Å². The van der Waals surface area contributed by atoms with Gasteiger partial charge < -0.3 is 15.2 Å². The molecule has 0 aliphatic heterocycles. The van der Waals surface area contributed by atoms with E-state index in [1.54, 1.807) is 18.2 Å². The van der Waals surface area contributed by atoms with Crippen molar-refractivity contribution in [1.82, 2.24) is 5.32 Å². The number of halogens is 2. The molecule has 1 aromatic rings. The lowest BCUT2D eigenvalue weighted by Gasteiger charge is -2.14. The highest BCUT2D eigenvalue weighted by molar-refractivity contribution is 6.33. The summed E-state index contributed by atoms with van der Waals surface area (Å²) < 4.78 is 5.37. The lowest BCUT2D eigenvalue weighted by molar-refractivity contribution is 0.129. The molecule has 0 aliphatic carbocycles. The van der Waals surface area contributed by atoms with Gasteiger partial charge in [0.1, 0.15) is 0 Å². The van der Waals surface area contributed by atoms with Crippen molar-refractivity contribution in [2.24, 2.45) is 0 Å². The third kappa shape index (κ3) is 6.59. The number of nitrogens with one attached hydrogen (secondary N) is 1. The third-order valence-electron chi connectivity index (χ3n) is 2.65.